The Balaban J connectivity index is 2.00. The molecule has 0 spiro atoms. The Morgan fingerprint density at radius 2 is 1.94 bits per heavy atom. The van der Waals surface area contributed by atoms with Gasteiger partial charge < -0.3 is 15.8 Å². The molecule has 1 atom stereocenters. The van der Waals surface area contributed by atoms with Crippen LogP contribution >= 0.6 is 11.8 Å². The highest BCUT2D eigenvalue weighted by molar-refractivity contribution is 7.99. The summed E-state index contributed by atoms with van der Waals surface area (Å²) in [6.45, 7) is 5.76. The van der Waals surface area contributed by atoms with Gasteiger partial charge in [0.1, 0.15) is 11.6 Å². The molecule has 2 aromatic heterocycles. The van der Waals surface area contributed by atoms with Crippen LogP contribution in [0.5, 0.6) is 0 Å². The number of carbonyl (C=O) groups is 2. The number of benzene rings is 1. The van der Waals surface area contributed by atoms with Crippen molar-refractivity contribution in [1.29, 1.82) is 0 Å². The Bertz CT molecular complexity index is 1050. The third kappa shape index (κ3) is 4.71. The smallest absolute Gasteiger partial charge is 0.343 e. The number of hydrogen-bond donors (Lipinski definition) is 2. The normalized spacial score (nSPS) is 11.8. The number of nitrogens with two attached hydrogens (primary N) is 1. The lowest BCUT2D eigenvalue weighted by molar-refractivity contribution is -0.119. The second kappa shape index (κ2) is 10.1. The summed E-state index contributed by atoms with van der Waals surface area (Å²) >= 11 is 1.44. The van der Waals surface area contributed by atoms with Crippen molar-refractivity contribution in [3.8, 4) is 5.69 Å². The van der Waals surface area contributed by atoms with Gasteiger partial charge >= 0.3 is 5.97 Å². The molecule has 3 rings (SSSR count). The van der Waals surface area contributed by atoms with Crippen molar-refractivity contribution in [2.24, 2.45) is 0 Å². The quantitative estimate of drug-likeness (QED) is 0.381. The van der Waals surface area contributed by atoms with Crippen LogP contribution in [0, 0.1) is 0 Å². The van der Waals surface area contributed by atoms with Gasteiger partial charge in [-0.2, -0.15) is 5.10 Å². The Hall–Kier alpha value is -3.34. The van der Waals surface area contributed by atoms with Gasteiger partial charge in [-0.15, -0.1) is 10.2 Å². The van der Waals surface area contributed by atoms with E-state index in [-0.39, 0.29) is 29.8 Å². The molecule has 164 valence electrons. The summed E-state index contributed by atoms with van der Waals surface area (Å²) in [7, 11) is 0. The number of anilines is 2. The zero-order valence-corrected chi connectivity index (χ0v) is 18.4. The Labute approximate surface area is 184 Å². The van der Waals surface area contributed by atoms with E-state index in [0.29, 0.717) is 17.3 Å². The van der Waals surface area contributed by atoms with Gasteiger partial charge in [0.05, 0.1) is 18.5 Å². The lowest BCUT2D eigenvalue weighted by Crippen LogP contribution is -2.28. The largest absolute Gasteiger partial charge is 0.462 e. The first-order valence-electron chi connectivity index (χ1n) is 9.96. The maximum atomic E-state index is 13.3. The van der Waals surface area contributed by atoms with E-state index in [1.165, 1.54) is 22.6 Å². The summed E-state index contributed by atoms with van der Waals surface area (Å²) in [6, 6.07) is 8.53. The SMILES string of the molecule is CCOC(=O)c1cnn(-c2ccccc2)c1NC(=O)C(CC)n1c(N)nnc1SCC. The summed E-state index contributed by atoms with van der Waals surface area (Å²) in [5.74, 6) is 0.197. The molecule has 10 nitrogen and oxygen atoms in total. The molecule has 0 aliphatic rings. The summed E-state index contributed by atoms with van der Waals surface area (Å²) in [5.41, 5.74) is 6.85. The van der Waals surface area contributed by atoms with Gasteiger partial charge in [-0.3, -0.25) is 9.36 Å². The average Bonchev–Trinajstić information content (AvgIpc) is 3.34. The van der Waals surface area contributed by atoms with E-state index in [2.05, 4.69) is 20.6 Å². The number of aromatic nitrogens is 5. The van der Waals surface area contributed by atoms with Crippen molar-refractivity contribution in [3.63, 3.8) is 0 Å². The van der Waals surface area contributed by atoms with E-state index in [1.807, 2.05) is 44.2 Å². The molecule has 0 radical (unpaired) electrons. The molecule has 31 heavy (non-hydrogen) atoms. The van der Waals surface area contributed by atoms with Crippen molar-refractivity contribution in [1.82, 2.24) is 24.5 Å². The number of nitrogens with zero attached hydrogens (tertiary/aromatic N) is 5. The molecule has 3 N–H and O–H groups in total. The van der Waals surface area contributed by atoms with Crippen LogP contribution in [0.1, 0.15) is 43.6 Å². The lowest BCUT2D eigenvalue weighted by Gasteiger charge is -2.19. The predicted octanol–water partition coefficient (Wildman–Crippen LogP) is 2.92. The molecule has 2 heterocycles. The van der Waals surface area contributed by atoms with Gasteiger partial charge in [0, 0.05) is 0 Å². The predicted molar refractivity (Wildman–Crippen MR) is 118 cm³/mol. The lowest BCUT2D eigenvalue weighted by atomic mass is 10.2. The van der Waals surface area contributed by atoms with Gasteiger partial charge in [-0.05, 0) is 31.2 Å². The molecule has 1 aromatic carbocycles. The van der Waals surface area contributed by atoms with Crippen molar-refractivity contribution in [2.45, 2.75) is 38.4 Å². The number of rotatable bonds is 9. The summed E-state index contributed by atoms with van der Waals surface area (Å²) in [6.07, 6.45) is 1.83. The third-order valence-electron chi connectivity index (χ3n) is 4.47. The third-order valence-corrected chi connectivity index (χ3v) is 5.30. The topological polar surface area (TPSA) is 130 Å². The van der Waals surface area contributed by atoms with E-state index in [9.17, 15) is 9.59 Å². The van der Waals surface area contributed by atoms with Gasteiger partial charge in [-0.25, -0.2) is 9.48 Å². The molecule has 0 saturated carbocycles. The van der Waals surface area contributed by atoms with Crippen molar-refractivity contribution >= 4 is 35.4 Å². The van der Waals surface area contributed by atoms with Crippen LogP contribution in [0.25, 0.3) is 5.69 Å². The van der Waals surface area contributed by atoms with Gasteiger partial charge in [0.2, 0.25) is 11.9 Å². The molecular weight excluding hydrogens is 418 g/mol. The number of thioether (sulfide) groups is 1. The first-order chi connectivity index (χ1) is 15.0. The highest BCUT2D eigenvalue weighted by Gasteiger charge is 2.28. The van der Waals surface area contributed by atoms with Crippen LogP contribution in [0.4, 0.5) is 11.8 Å². The van der Waals surface area contributed by atoms with Crippen molar-refractivity contribution < 1.29 is 14.3 Å². The van der Waals surface area contributed by atoms with Crippen LogP contribution in [-0.4, -0.2) is 48.8 Å². The number of amides is 1. The maximum Gasteiger partial charge on any atom is 0.343 e. The minimum Gasteiger partial charge on any atom is -0.462 e. The monoisotopic (exact) mass is 443 g/mol. The molecule has 11 heteroatoms. The second-order valence-corrected chi connectivity index (χ2v) is 7.66. The van der Waals surface area contributed by atoms with Crippen LogP contribution < -0.4 is 11.1 Å². The van der Waals surface area contributed by atoms with E-state index >= 15 is 0 Å². The van der Waals surface area contributed by atoms with Crippen LogP contribution in [0.3, 0.4) is 0 Å². The summed E-state index contributed by atoms with van der Waals surface area (Å²) in [4.78, 5) is 25.8. The summed E-state index contributed by atoms with van der Waals surface area (Å²) in [5, 5.41) is 15.7. The first-order valence-corrected chi connectivity index (χ1v) is 10.9. The molecule has 1 unspecified atom stereocenters. The number of ether oxygens (including phenoxy) is 1. The Morgan fingerprint density at radius 3 is 2.58 bits per heavy atom. The maximum absolute atomic E-state index is 13.3. The molecule has 0 aliphatic heterocycles. The average molecular weight is 444 g/mol. The standard InChI is InChI=1S/C20H25N7O3S/c1-4-15(26-19(21)24-25-20(26)31-6-3)17(28)23-16-14(18(29)30-5-2)12-22-27(16)13-10-8-7-9-11-13/h7-12,15H,4-6H2,1-3H3,(H2,21,24)(H,23,28). The van der Waals surface area contributed by atoms with E-state index < -0.39 is 12.0 Å². The number of esters is 1. The van der Waals surface area contributed by atoms with Crippen LogP contribution in [0.2, 0.25) is 0 Å². The fourth-order valence-corrected chi connectivity index (χ4v) is 3.80. The van der Waals surface area contributed by atoms with E-state index in [4.69, 9.17) is 10.5 Å². The number of para-hydroxylation sites is 1. The molecule has 0 aliphatic carbocycles. The number of carbonyl (C=O) groups excluding carboxylic acids is 2. The van der Waals surface area contributed by atoms with Crippen LogP contribution in [0.15, 0.2) is 41.7 Å². The number of nitrogen functional groups attached to an aromatic ring is 1. The molecule has 3 aromatic rings. The fourth-order valence-electron chi connectivity index (χ4n) is 3.09. The highest BCUT2D eigenvalue weighted by atomic mass is 32.2. The Kier molecular flexibility index (Phi) is 7.29. The summed E-state index contributed by atoms with van der Waals surface area (Å²) < 4.78 is 8.24. The molecule has 1 amide bonds. The minimum absolute atomic E-state index is 0.153. The fraction of sp³-hybridized carbons (Fsp3) is 0.350. The van der Waals surface area contributed by atoms with Gasteiger partial charge in [0.25, 0.3) is 0 Å². The molecular formula is C20H25N7O3S. The van der Waals surface area contributed by atoms with Crippen LogP contribution in [-0.2, 0) is 9.53 Å². The van der Waals surface area contributed by atoms with E-state index in [0.717, 1.165) is 5.75 Å². The van der Waals surface area contributed by atoms with Gasteiger partial charge in [0.15, 0.2) is 11.0 Å². The molecule has 0 fully saturated rings. The highest BCUT2D eigenvalue weighted by Crippen LogP contribution is 2.27. The van der Waals surface area contributed by atoms with Gasteiger partial charge in [-0.1, -0.05) is 43.8 Å². The number of hydrogen-bond acceptors (Lipinski definition) is 8. The number of nitrogens with one attached hydrogen (secondary N) is 1. The van der Waals surface area contributed by atoms with Crippen molar-refractivity contribution in [3.05, 3.63) is 42.1 Å². The molecule has 0 bridgehead atoms. The first kappa shape index (κ1) is 22.3. The van der Waals surface area contributed by atoms with Crippen molar-refractivity contribution in [2.75, 3.05) is 23.4 Å². The Morgan fingerprint density at radius 1 is 1.19 bits per heavy atom. The zero-order chi connectivity index (χ0) is 22.4. The molecule has 0 saturated heterocycles. The zero-order valence-electron chi connectivity index (χ0n) is 17.6. The minimum atomic E-state index is -0.668. The van der Waals surface area contributed by atoms with E-state index in [1.54, 1.807) is 11.5 Å². The second-order valence-electron chi connectivity index (χ2n) is 6.43.